The summed E-state index contributed by atoms with van der Waals surface area (Å²) in [5.41, 5.74) is 0.914. The Morgan fingerprint density at radius 3 is 2.39 bits per heavy atom. The molecule has 0 aliphatic heterocycles. The molecular weight excluding hydrogens is 376 g/mol. The highest BCUT2D eigenvalue weighted by molar-refractivity contribution is 7.89. The molecule has 0 unspecified atom stereocenters. The van der Waals surface area contributed by atoms with Crippen LogP contribution in [0.2, 0.25) is 0 Å². The van der Waals surface area contributed by atoms with Crippen molar-refractivity contribution in [2.45, 2.75) is 18.0 Å². The minimum Gasteiger partial charge on any atom is -0.411 e. The number of nitrogens with zero attached hydrogens (tertiary/aromatic N) is 4. The fourth-order valence-corrected chi connectivity index (χ4v) is 4.41. The third-order valence-electron chi connectivity index (χ3n) is 4.47. The number of hydrogen-bond acceptors (Lipinski definition) is 4. The Balaban J connectivity index is 1.89. The van der Waals surface area contributed by atoms with Crippen LogP contribution in [-0.2, 0) is 30.2 Å². The molecule has 3 rings (SSSR count). The first-order chi connectivity index (χ1) is 13.5. The van der Waals surface area contributed by atoms with E-state index in [-0.39, 0.29) is 18.0 Å². The maximum absolute atomic E-state index is 13.2. The van der Waals surface area contributed by atoms with E-state index in [9.17, 15) is 8.42 Å². The second-order valence-electron chi connectivity index (χ2n) is 6.34. The van der Waals surface area contributed by atoms with Crippen molar-refractivity contribution in [2.75, 3.05) is 6.54 Å². The smallest absolute Gasteiger partial charge is 0.303 e. The van der Waals surface area contributed by atoms with E-state index in [1.54, 1.807) is 34.9 Å². The molecule has 0 spiro atoms. The van der Waals surface area contributed by atoms with Crippen LogP contribution in [0.15, 0.2) is 83.1 Å². The molecule has 8 heteroatoms. The van der Waals surface area contributed by atoms with E-state index in [0.29, 0.717) is 12.4 Å². The molecule has 0 saturated heterocycles. The van der Waals surface area contributed by atoms with Crippen molar-refractivity contribution in [2.24, 2.45) is 12.2 Å². The monoisotopic (exact) mass is 399 g/mol. The van der Waals surface area contributed by atoms with Crippen LogP contribution < -0.4 is 4.57 Å². The highest BCUT2D eigenvalue weighted by Crippen LogP contribution is 2.18. The van der Waals surface area contributed by atoms with Crippen molar-refractivity contribution in [1.29, 1.82) is 0 Å². The summed E-state index contributed by atoms with van der Waals surface area (Å²) in [4.78, 5) is 0.265. The highest BCUT2D eigenvalue weighted by Gasteiger charge is 2.26. The molecule has 0 fully saturated rings. The molecule has 2 aromatic carbocycles. The van der Waals surface area contributed by atoms with Gasteiger partial charge in [0.1, 0.15) is 18.9 Å². The average molecular weight is 399 g/mol. The predicted molar refractivity (Wildman–Crippen MR) is 105 cm³/mol. The van der Waals surface area contributed by atoms with Crippen molar-refractivity contribution in [3.63, 3.8) is 0 Å². The zero-order chi connectivity index (χ0) is 20.0. The molecule has 0 aliphatic rings. The van der Waals surface area contributed by atoms with Crippen LogP contribution in [0.1, 0.15) is 11.4 Å². The van der Waals surface area contributed by atoms with Crippen molar-refractivity contribution in [3.8, 4) is 0 Å². The third-order valence-corrected chi connectivity index (χ3v) is 6.33. The molecule has 7 nitrogen and oxygen atoms in total. The van der Waals surface area contributed by atoms with E-state index in [4.69, 9.17) is 5.21 Å². The molecule has 1 N–H and O–H groups in total. The Bertz CT molecular complexity index is 1030. The molecule has 1 aromatic heterocycles. The zero-order valence-electron chi connectivity index (χ0n) is 15.6. The Hall–Kier alpha value is -2.97. The number of rotatable bonds is 8. The summed E-state index contributed by atoms with van der Waals surface area (Å²) in [6, 6.07) is 17.9. The van der Waals surface area contributed by atoms with E-state index in [2.05, 4.69) is 5.16 Å². The molecular formula is C20H23N4O3S+. The predicted octanol–water partition coefficient (Wildman–Crippen LogP) is 2.01. The standard InChI is InChI=1S/C20H22N4O3S/c1-22-12-13-23(20(22)16-21-25)14-15-24(17-18-8-4-2-5-9-18)28(26,27)19-10-6-3-7-11-19/h2-13,16H,14-15,17H2,1H3/p+1. The first-order valence-electron chi connectivity index (χ1n) is 8.83. The van der Waals surface area contributed by atoms with E-state index >= 15 is 0 Å². The van der Waals surface area contributed by atoms with Crippen molar-refractivity contribution in [3.05, 3.63) is 84.4 Å². The second kappa shape index (κ2) is 8.81. The van der Waals surface area contributed by atoms with Crippen LogP contribution in [0.5, 0.6) is 0 Å². The van der Waals surface area contributed by atoms with Crippen LogP contribution in [0.3, 0.4) is 0 Å². The Morgan fingerprint density at radius 1 is 1.11 bits per heavy atom. The first kappa shape index (κ1) is 19.8. The zero-order valence-corrected chi connectivity index (χ0v) is 16.4. The Kier molecular flexibility index (Phi) is 6.23. The lowest BCUT2D eigenvalue weighted by atomic mass is 10.2. The minimum atomic E-state index is -3.66. The summed E-state index contributed by atoms with van der Waals surface area (Å²) < 4.78 is 31.6. The molecule has 0 radical (unpaired) electrons. The van der Waals surface area contributed by atoms with E-state index in [1.165, 1.54) is 10.5 Å². The summed E-state index contributed by atoms with van der Waals surface area (Å²) in [7, 11) is -1.83. The SMILES string of the molecule is C[n+]1ccn(CCN(Cc2ccccc2)S(=O)(=O)c2ccccc2)c1/C=N/O. The van der Waals surface area contributed by atoms with Crippen molar-refractivity contribution < 1.29 is 18.2 Å². The number of aryl methyl sites for hydroxylation is 1. The summed E-state index contributed by atoms with van der Waals surface area (Å²) in [5.74, 6) is 0.666. The molecule has 0 saturated carbocycles. The first-order valence-corrected chi connectivity index (χ1v) is 10.3. The van der Waals surface area contributed by atoms with E-state index in [0.717, 1.165) is 5.56 Å². The lowest BCUT2D eigenvalue weighted by Gasteiger charge is -2.22. The van der Waals surface area contributed by atoms with Gasteiger partial charge in [0, 0.05) is 6.54 Å². The van der Waals surface area contributed by atoms with Gasteiger partial charge in [-0.2, -0.15) is 4.31 Å². The molecule has 1 heterocycles. The Morgan fingerprint density at radius 2 is 1.75 bits per heavy atom. The third kappa shape index (κ3) is 4.47. The van der Waals surface area contributed by atoms with Gasteiger partial charge in [-0.3, -0.25) is 0 Å². The van der Waals surface area contributed by atoms with Gasteiger partial charge >= 0.3 is 5.82 Å². The fraction of sp³-hybridized carbons (Fsp3) is 0.200. The lowest BCUT2D eigenvalue weighted by molar-refractivity contribution is -0.671. The number of aromatic nitrogens is 2. The second-order valence-corrected chi connectivity index (χ2v) is 8.28. The van der Waals surface area contributed by atoms with Gasteiger partial charge in [-0.15, -0.1) is 0 Å². The number of sulfonamides is 1. The van der Waals surface area contributed by atoms with Crippen LogP contribution in [0.25, 0.3) is 0 Å². The van der Waals surface area contributed by atoms with E-state index < -0.39 is 10.0 Å². The summed E-state index contributed by atoms with van der Waals surface area (Å²) >= 11 is 0. The van der Waals surface area contributed by atoms with Crippen molar-refractivity contribution >= 4 is 16.2 Å². The normalized spacial score (nSPS) is 12.1. The van der Waals surface area contributed by atoms with Gasteiger partial charge in [0.25, 0.3) is 0 Å². The van der Waals surface area contributed by atoms with Crippen LogP contribution in [0.4, 0.5) is 0 Å². The van der Waals surface area contributed by atoms with Crippen LogP contribution in [0, 0.1) is 0 Å². The van der Waals surface area contributed by atoms with Crippen molar-refractivity contribution in [1.82, 2.24) is 8.87 Å². The van der Waals surface area contributed by atoms with Crippen LogP contribution >= 0.6 is 0 Å². The van der Waals surface area contributed by atoms with Gasteiger partial charge in [-0.25, -0.2) is 17.6 Å². The Labute approximate surface area is 164 Å². The minimum absolute atomic E-state index is 0.265. The fourth-order valence-electron chi connectivity index (χ4n) is 2.97. The largest absolute Gasteiger partial charge is 0.411 e. The summed E-state index contributed by atoms with van der Waals surface area (Å²) in [6.45, 7) is 0.961. The quantitative estimate of drug-likeness (QED) is 0.272. The number of benzene rings is 2. The van der Waals surface area contributed by atoms with Gasteiger partial charge in [-0.05, 0) is 17.7 Å². The maximum Gasteiger partial charge on any atom is 0.303 e. The molecule has 0 bridgehead atoms. The highest BCUT2D eigenvalue weighted by atomic mass is 32.2. The molecule has 0 amide bonds. The maximum atomic E-state index is 13.2. The van der Waals surface area contributed by atoms with E-state index in [1.807, 2.05) is 54.3 Å². The molecule has 0 aliphatic carbocycles. The molecule has 28 heavy (non-hydrogen) atoms. The lowest BCUT2D eigenvalue weighted by Crippen LogP contribution is -2.35. The van der Waals surface area contributed by atoms with Gasteiger partial charge in [-0.1, -0.05) is 53.7 Å². The number of hydrogen-bond donors (Lipinski definition) is 1. The van der Waals surface area contributed by atoms with Gasteiger partial charge < -0.3 is 5.21 Å². The number of oxime groups is 1. The van der Waals surface area contributed by atoms with Gasteiger partial charge in [0.15, 0.2) is 6.21 Å². The summed E-state index contributed by atoms with van der Waals surface area (Å²) in [6.07, 6.45) is 4.98. The number of imidazole rings is 1. The molecule has 146 valence electrons. The summed E-state index contributed by atoms with van der Waals surface area (Å²) in [5, 5.41) is 12.0. The topological polar surface area (TPSA) is 78.8 Å². The average Bonchev–Trinajstić information content (AvgIpc) is 3.06. The van der Waals surface area contributed by atoms with Gasteiger partial charge in [0.05, 0.1) is 18.5 Å². The molecule has 3 aromatic rings. The van der Waals surface area contributed by atoms with Crippen LogP contribution in [-0.4, -0.2) is 35.3 Å². The molecule has 0 atom stereocenters. The van der Waals surface area contributed by atoms with Gasteiger partial charge in [0.2, 0.25) is 10.0 Å².